The topological polar surface area (TPSA) is 98.5 Å². The summed E-state index contributed by atoms with van der Waals surface area (Å²) in [6.45, 7) is 5.11. The smallest absolute Gasteiger partial charge is 0.307 e. The third-order valence-corrected chi connectivity index (χ3v) is 2.73. The van der Waals surface area contributed by atoms with E-state index < -0.39 is 16.8 Å². The lowest BCUT2D eigenvalue weighted by Gasteiger charge is -2.09. The van der Waals surface area contributed by atoms with Gasteiger partial charge in [0, 0.05) is 23.7 Å². The van der Waals surface area contributed by atoms with E-state index in [1.54, 1.807) is 13.8 Å². The number of carbonyl (C=O) groups excluding carboxylic acids is 2. The quantitative estimate of drug-likeness (QED) is 0.491. The van der Waals surface area contributed by atoms with Gasteiger partial charge in [0.1, 0.15) is 0 Å². The van der Waals surface area contributed by atoms with E-state index in [1.807, 2.05) is 0 Å². The molecular formula is C14H18N2O5. The zero-order valence-corrected chi connectivity index (χ0v) is 12.2. The highest BCUT2D eigenvalue weighted by atomic mass is 16.6. The van der Waals surface area contributed by atoms with Crippen molar-refractivity contribution in [1.82, 2.24) is 5.32 Å². The zero-order chi connectivity index (χ0) is 16.0. The van der Waals surface area contributed by atoms with Crippen LogP contribution in [-0.4, -0.2) is 29.4 Å². The standard InChI is InChI=1S/C14H18N2O5/c1-9(2)21-13(17)7-8-15-14(18)11-5-4-6-12(10(11)3)16(19)20/h4-6,9H,7-8H2,1-3H3,(H,15,18). The van der Waals surface area contributed by atoms with E-state index in [1.165, 1.54) is 25.1 Å². The minimum Gasteiger partial charge on any atom is -0.463 e. The molecule has 0 saturated heterocycles. The average molecular weight is 294 g/mol. The van der Waals surface area contributed by atoms with Gasteiger partial charge in [-0.3, -0.25) is 19.7 Å². The summed E-state index contributed by atoms with van der Waals surface area (Å²) in [6.07, 6.45) is -0.148. The molecule has 1 rings (SSSR count). The van der Waals surface area contributed by atoms with Gasteiger partial charge in [0.15, 0.2) is 0 Å². The molecule has 0 aliphatic carbocycles. The van der Waals surface area contributed by atoms with Gasteiger partial charge in [-0.05, 0) is 26.8 Å². The Hall–Kier alpha value is -2.44. The van der Waals surface area contributed by atoms with Crippen molar-refractivity contribution in [3.05, 3.63) is 39.4 Å². The van der Waals surface area contributed by atoms with E-state index in [2.05, 4.69) is 5.32 Å². The Morgan fingerprint density at radius 3 is 2.62 bits per heavy atom. The van der Waals surface area contributed by atoms with Crippen molar-refractivity contribution < 1.29 is 19.2 Å². The van der Waals surface area contributed by atoms with Gasteiger partial charge in [-0.25, -0.2) is 0 Å². The summed E-state index contributed by atoms with van der Waals surface area (Å²) in [6, 6.07) is 4.29. The number of nitrogens with one attached hydrogen (secondary N) is 1. The van der Waals surface area contributed by atoms with E-state index in [-0.39, 0.29) is 30.3 Å². The van der Waals surface area contributed by atoms with Crippen LogP contribution in [-0.2, 0) is 9.53 Å². The summed E-state index contributed by atoms with van der Waals surface area (Å²) in [4.78, 5) is 33.6. The second-order valence-corrected chi connectivity index (χ2v) is 4.75. The van der Waals surface area contributed by atoms with Crippen LogP contribution in [0, 0.1) is 17.0 Å². The number of nitro groups is 1. The number of hydrogen-bond acceptors (Lipinski definition) is 5. The molecule has 0 aliphatic rings. The summed E-state index contributed by atoms with van der Waals surface area (Å²) < 4.78 is 4.93. The Labute approximate surface area is 122 Å². The number of esters is 1. The lowest BCUT2D eigenvalue weighted by atomic mass is 10.1. The van der Waals surface area contributed by atoms with Gasteiger partial charge in [-0.1, -0.05) is 6.07 Å². The molecule has 1 N–H and O–H groups in total. The Morgan fingerprint density at radius 2 is 2.05 bits per heavy atom. The second kappa shape index (κ2) is 7.37. The van der Waals surface area contributed by atoms with E-state index in [4.69, 9.17) is 4.74 Å². The number of ether oxygens (including phenoxy) is 1. The maximum absolute atomic E-state index is 12.0. The van der Waals surface area contributed by atoms with Crippen LogP contribution in [0.5, 0.6) is 0 Å². The monoisotopic (exact) mass is 294 g/mol. The van der Waals surface area contributed by atoms with Crippen molar-refractivity contribution in [3.63, 3.8) is 0 Å². The van der Waals surface area contributed by atoms with Gasteiger partial charge in [-0.15, -0.1) is 0 Å². The molecule has 0 saturated carbocycles. The molecule has 0 aromatic heterocycles. The number of nitro benzene ring substituents is 1. The molecule has 1 aromatic rings. The van der Waals surface area contributed by atoms with Crippen LogP contribution >= 0.6 is 0 Å². The molecule has 0 unspecified atom stereocenters. The van der Waals surface area contributed by atoms with E-state index >= 15 is 0 Å². The Balaban J connectivity index is 2.63. The SMILES string of the molecule is Cc1c(C(=O)NCCC(=O)OC(C)C)cccc1[N+](=O)[O-]. The molecule has 7 nitrogen and oxygen atoms in total. The van der Waals surface area contributed by atoms with Gasteiger partial charge < -0.3 is 10.1 Å². The molecule has 0 atom stereocenters. The van der Waals surface area contributed by atoms with E-state index in [0.29, 0.717) is 5.56 Å². The number of amides is 1. The van der Waals surface area contributed by atoms with E-state index in [9.17, 15) is 19.7 Å². The maximum Gasteiger partial charge on any atom is 0.307 e. The molecule has 0 bridgehead atoms. The summed E-state index contributed by atoms with van der Waals surface area (Å²) in [5.74, 6) is -0.852. The van der Waals surface area contributed by atoms with Gasteiger partial charge >= 0.3 is 5.97 Å². The third-order valence-electron chi connectivity index (χ3n) is 2.73. The molecule has 0 aliphatic heterocycles. The zero-order valence-electron chi connectivity index (χ0n) is 12.2. The van der Waals surface area contributed by atoms with Crippen molar-refractivity contribution in [2.45, 2.75) is 33.3 Å². The minimum atomic E-state index is -0.536. The average Bonchev–Trinajstić information content (AvgIpc) is 2.37. The fourth-order valence-corrected chi connectivity index (χ4v) is 1.76. The Kier molecular flexibility index (Phi) is 5.83. The van der Waals surface area contributed by atoms with Crippen LogP contribution in [0.15, 0.2) is 18.2 Å². The van der Waals surface area contributed by atoms with Crippen LogP contribution in [0.4, 0.5) is 5.69 Å². The van der Waals surface area contributed by atoms with Gasteiger partial charge in [0.2, 0.25) is 0 Å². The van der Waals surface area contributed by atoms with Crippen LogP contribution in [0.2, 0.25) is 0 Å². The number of hydrogen-bond donors (Lipinski definition) is 1. The van der Waals surface area contributed by atoms with Crippen molar-refractivity contribution >= 4 is 17.6 Å². The van der Waals surface area contributed by atoms with Crippen molar-refractivity contribution in [2.75, 3.05) is 6.54 Å². The highest BCUT2D eigenvalue weighted by Crippen LogP contribution is 2.20. The highest BCUT2D eigenvalue weighted by molar-refractivity contribution is 5.96. The number of benzene rings is 1. The fourth-order valence-electron chi connectivity index (χ4n) is 1.76. The first-order chi connectivity index (χ1) is 9.82. The molecular weight excluding hydrogens is 276 g/mol. The molecule has 0 spiro atoms. The Morgan fingerprint density at radius 1 is 1.38 bits per heavy atom. The predicted molar refractivity (Wildman–Crippen MR) is 76.0 cm³/mol. The number of carbonyl (C=O) groups is 2. The summed E-state index contributed by atoms with van der Waals surface area (Å²) in [7, 11) is 0. The maximum atomic E-state index is 12.0. The highest BCUT2D eigenvalue weighted by Gasteiger charge is 2.17. The summed E-state index contributed by atoms with van der Waals surface area (Å²) >= 11 is 0. The molecule has 1 aromatic carbocycles. The number of nitrogens with zero attached hydrogens (tertiary/aromatic N) is 1. The first kappa shape index (κ1) is 16.6. The molecule has 114 valence electrons. The van der Waals surface area contributed by atoms with Gasteiger partial charge in [-0.2, -0.15) is 0 Å². The third kappa shape index (κ3) is 4.87. The molecule has 7 heteroatoms. The minimum absolute atomic E-state index is 0.0535. The Bertz CT molecular complexity index is 554. The molecule has 0 radical (unpaired) electrons. The normalized spacial score (nSPS) is 10.3. The number of rotatable bonds is 6. The fraction of sp³-hybridized carbons (Fsp3) is 0.429. The predicted octanol–water partition coefficient (Wildman–Crippen LogP) is 1.97. The van der Waals surface area contributed by atoms with Crippen LogP contribution in [0.25, 0.3) is 0 Å². The lowest BCUT2D eigenvalue weighted by Crippen LogP contribution is -2.27. The molecule has 1 amide bonds. The van der Waals surface area contributed by atoms with Crippen LogP contribution < -0.4 is 5.32 Å². The molecule has 21 heavy (non-hydrogen) atoms. The van der Waals surface area contributed by atoms with Gasteiger partial charge in [0.25, 0.3) is 11.6 Å². The van der Waals surface area contributed by atoms with Crippen molar-refractivity contribution in [3.8, 4) is 0 Å². The van der Waals surface area contributed by atoms with Crippen LogP contribution in [0.1, 0.15) is 36.2 Å². The first-order valence-electron chi connectivity index (χ1n) is 6.54. The molecule has 0 fully saturated rings. The van der Waals surface area contributed by atoms with Gasteiger partial charge in [0.05, 0.1) is 17.4 Å². The molecule has 0 heterocycles. The summed E-state index contributed by atoms with van der Waals surface area (Å²) in [5, 5.41) is 13.4. The largest absolute Gasteiger partial charge is 0.463 e. The summed E-state index contributed by atoms with van der Waals surface area (Å²) in [5.41, 5.74) is 0.410. The van der Waals surface area contributed by atoms with Crippen molar-refractivity contribution in [1.29, 1.82) is 0 Å². The van der Waals surface area contributed by atoms with Crippen LogP contribution in [0.3, 0.4) is 0 Å². The van der Waals surface area contributed by atoms with Crippen molar-refractivity contribution in [2.24, 2.45) is 0 Å². The lowest BCUT2D eigenvalue weighted by molar-refractivity contribution is -0.385. The second-order valence-electron chi connectivity index (χ2n) is 4.75. The van der Waals surface area contributed by atoms with E-state index in [0.717, 1.165) is 0 Å². The first-order valence-corrected chi connectivity index (χ1v) is 6.54.